The van der Waals surface area contributed by atoms with Gasteiger partial charge in [-0.25, -0.2) is 9.69 Å². The van der Waals surface area contributed by atoms with E-state index in [9.17, 15) is 27.6 Å². The van der Waals surface area contributed by atoms with E-state index in [0.29, 0.717) is 4.90 Å². The third-order valence-electron chi connectivity index (χ3n) is 2.78. The molecule has 116 valence electrons. The summed E-state index contributed by atoms with van der Waals surface area (Å²) in [5, 5.41) is 10.7. The largest absolute Gasteiger partial charge is 0.480 e. The maximum absolute atomic E-state index is 12.6. The highest BCUT2D eigenvalue weighted by atomic mass is 19.4. The van der Waals surface area contributed by atoms with E-state index in [1.54, 1.807) is 0 Å². The fraction of sp³-hybridized carbons (Fsp3) is 0.154. The topological polar surface area (TPSA) is 86.7 Å². The average Bonchev–Trinajstić information content (AvgIpc) is 2.65. The van der Waals surface area contributed by atoms with Crippen LogP contribution in [0.25, 0.3) is 6.08 Å². The van der Waals surface area contributed by atoms with Gasteiger partial charge in [-0.05, 0) is 23.8 Å². The summed E-state index contributed by atoms with van der Waals surface area (Å²) in [6, 6.07) is 3.22. The van der Waals surface area contributed by atoms with E-state index >= 15 is 0 Å². The minimum Gasteiger partial charge on any atom is -0.480 e. The molecule has 0 unspecified atom stereocenters. The van der Waals surface area contributed by atoms with Crippen molar-refractivity contribution >= 4 is 24.0 Å². The summed E-state index contributed by atoms with van der Waals surface area (Å²) in [6.07, 6.45) is -3.48. The number of alkyl halides is 3. The number of amides is 3. The van der Waals surface area contributed by atoms with Gasteiger partial charge in [-0.15, -0.1) is 0 Å². The molecule has 0 bridgehead atoms. The fourth-order valence-electron chi connectivity index (χ4n) is 1.82. The van der Waals surface area contributed by atoms with Crippen LogP contribution in [0.5, 0.6) is 0 Å². The molecule has 3 amide bonds. The third-order valence-corrected chi connectivity index (χ3v) is 2.78. The molecular weight excluding hydrogens is 305 g/mol. The zero-order valence-electron chi connectivity index (χ0n) is 10.8. The van der Waals surface area contributed by atoms with Gasteiger partial charge >= 0.3 is 18.2 Å². The first-order chi connectivity index (χ1) is 10.2. The highest BCUT2D eigenvalue weighted by Gasteiger charge is 2.35. The van der Waals surface area contributed by atoms with Crippen LogP contribution in [-0.4, -0.2) is 34.5 Å². The number of urea groups is 1. The highest BCUT2D eigenvalue weighted by Crippen LogP contribution is 2.30. The Kier molecular flexibility index (Phi) is 3.89. The molecule has 0 saturated carbocycles. The van der Waals surface area contributed by atoms with Crippen LogP contribution < -0.4 is 5.32 Å². The summed E-state index contributed by atoms with van der Waals surface area (Å²) in [4.78, 5) is 34.3. The molecule has 22 heavy (non-hydrogen) atoms. The van der Waals surface area contributed by atoms with Crippen molar-refractivity contribution in [3.63, 3.8) is 0 Å². The van der Waals surface area contributed by atoms with E-state index in [-0.39, 0.29) is 11.3 Å². The number of carboxylic acids is 1. The molecule has 1 heterocycles. The second-order valence-corrected chi connectivity index (χ2v) is 4.40. The van der Waals surface area contributed by atoms with Gasteiger partial charge in [0.25, 0.3) is 5.91 Å². The van der Waals surface area contributed by atoms with Crippen molar-refractivity contribution < 1.29 is 32.7 Å². The van der Waals surface area contributed by atoms with E-state index in [1.807, 2.05) is 0 Å². The number of halogens is 3. The minimum atomic E-state index is -4.53. The molecule has 1 aromatic rings. The van der Waals surface area contributed by atoms with E-state index in [4.69, 9.17) is 5.11 Å². The molecule has 6 nitrogen and oxygen atoms in total. The van der Waals surface area contributed by atoms with E-state index < -0.39 is 36.2 Å². The molecule has 0 radical (unpaired) electrons. The number of nitrogens with one attached hydrogen (secondary N) is 1. The number of imide groups is 1. The van der Waals surface area contributed by atoms with Crippen LogP contribution >= 0.6 is 0 Å². The lowest BCUT2D eigenvalue weighted by Crippen LogP contribution is -2.35. The Morgan fingerprint density at radius 2 is 2.00 bits per heavy atom. The monoisotopic (exact) mass is 314 g/mol. The van der Waals surface area contributed by atoms with Crippen molar-refractivity contribution in [2.75, 3.05) is 6.54 Å². The Morgan fingerprint density at radius 3 is 2.59 bits per heavy atom. The van der Waals surface area contributed by atoms with E-state index in [2.05, 4.69) is 5.32 Å². The molecule has 0 aromatic heterocycles. The lowest BCUT2D eigenvalue weighted by atomic mass is 10.1. The molecule has 0 spiro atoms. The van der Waals surface area contributed by atoms with Crippen molar-refractivity contribution in [1.82, 2.24) is 10.2 Å². The lowest BCUT2D eigenvalue weighted by Gasteiger charge is -2.07. The number of rotatable bonds is 3. The van der Waals surface area contributed by atoms with Gasteiger partial charge in [-0.3, -0.25) is 9.59 Å². The number of carbonyl (C=O) groups is 3. The zero-order valence-corrected chi connectivity index (χ0v) is 10.8. The van der Waals surface area contributed by atoms with E-state index in [1.165, 1.54) is 6.07 Å². The smallest absolute Gasteiger partial charge is 0.416 e. The molecule has 2 rings (SSSR count). The van der Waals surface area contributed by atoms with Crippen LogP contribution in [0.3, 0.4) is 0 Å². The average molecular weight is 314 g/mol. The molecule has 1 aromatic carbocycles. The predicted octanol–water partition coefficient (Wildman–Crippen LogP) is 1.68. The van der Waals surface area contributed by atoms with Crippen molar-refractivity contribution in [3.05, 3.63) is 41.1 Å². The molecule has 9 heteroatoms. The number of hydrogen-bond donors (Lipinski definition) is 2. The number of aliphatic carboxylic acids is 1. The standard InChI is InChI=1S/C13H9F3N2O4/c14-13(15,16)8-3-1-2-7(4-8)5-9-11(21)18(6-10(19)20)12(22)17-9/h1-5H,6H2,(H,17,22)(H,19,20)/b9-5+. The first-order valence-electron chi connectivity index (χ1n) is 5.92. The van der Waals surface area contributed by atoms with Gasteiger partial charge in [0.05, 0.1) is 5.56 Å². The van der Waals surface area contributed by atoms with Gasteiger partial charge < -0.3 is 10.4 Å². The second-order valence-electron chi connectivity index (χ2n) is 4.40. The molecule has 1 saturated heterocycles. The van der Waals surface area contributed by atoms with Crippen LogP contribution in [0.1, 0.15) is 11.1 Å². The van der Waals surface area contributed by atoms with Crippen molar-refractivity contribution in [2.24, 2.45) is 0 Å². The van der Waals surface area contributed by atoms with Gasteiger partial charge in [0.15, 0.2) is 0 Å². The quantitative estimate of drug-likeness (QED) is 0.656. The van der Waals surface area contributed by atoms with Crippen molar-refractivity contribution in [1.29, 1.82) is 0 Å². The van der Waals surface area contributed by atoms with Crippen molar-refractivity contribution in [2.45, 2.75) is 6.18 Å². The summed E-state index contributed by atoms with van der Waals surface area (Å²) in [5.74, 6) is -2.30. The Morgan fingerprint density at radius 1 is 1.32 bits per heavy atom. The third kappa shape index (κ3) is 3.25. The molecule has 2 N–H and O–H groups in total. The maximum Gasteiger partial charge on any atom is 0.416 e. The SMILES string of the molecule is O=C(O)CN1C(=O)N/C(=C/c2cccc(C(F)(F)F)c2)C1=O. The number of hydrogen-bond acceptors (Lipinski definition) is 3. The van der Waals surface area contributed by atoms with Crippen LogP contribution in [0.4, 0.5) is 18.0 Å². The molecule has 1 aliphatic rings. The molecule has 0 aliphatic carbocycles. The van der Waals surface area contributed by atoms with Gasteiger partial charge in [-0.1, -0.05) is 12.1 Å². The van der Waals surface area contributed by atoms with Crippen LogP contribution in [-0.2, 0) is 15.8 Å². The normalized spacial score (nSPS) is 17.0. The van der Waals surface area contributed by atoms with Crippen LogP contribution in [0.15, 0.2) is 30.0 Å². The summed E-state index contributed by atoms with van der Waals surface area (Å²) in [5.41, 5.74) is -1.14. The van der Waals surface area contributed by atoms with Gasteiger partial charge in [0, 0.05) is 0 Å². The molecular formula is C13H9F3N2O4. The maximum atomic E-state index is 12.6. The summed E-state index contributed by atoms with van der Waals surface area (Å²) >= 11 is 0. The minimum absolute atomic E-state index is 0.0515. The number of nitrogens with zero attached hydrogens (tertiary/aromatic N) is 1. The van der Waals surface area contributed by atoms with Crippen LogP contribution in [0.2, 0.25) is 0 Å². The Balaban J connectivity index is 2.29. The first kappa shape index (κ1) is 15.5. The number of carbonyl (C=O) groups excluding carboxylic acids is 2. The van der Waals surface area contributed by atoms with Crippen LogP contribution in [0, 0.1) is 0 Å². The molecule has 1 fully saturated rings. The van der Waals surface area contributed by atoms with Gasteiger partial charge in [0.2, 0.25) is 0 Å². The number of carboxylic acid groups (broad SMARTS) is 1. The Labute approximate surface area is 121 Å². The summed E-state index contributed by atoms with van der Waals surface area (Å²) < 4.78 is 37.8. The zero-order chi connectivity index (χ0) is 16.5. The molecule has 1 aliphatic heterocycles. The highest BCUT2D eigenvalue weighted by molar-refractivity contribution is 6.15. The lowest BCUT2D eigenvalue weighted by molar-refractivity contribution is -0.140. The number of benzene rings is 1. The Hall–Kier alpha value is -2.84. The predicted molar refractivity (Wildman–Crippen MR) is 67.3 cm³/mol. The van der Waals surface area contributed by atoms with Gasteiger partial charge in [0.1, 0.15) is 12.2 Å². The molecule has 0 atom stereocenters. The van der Waals surface area contributed by atoms with Gasteiger partial charge in [-0.2, -0.15) is 13.2 Å². The Bertz CT molecular complexity index is 682. The van der Waals surface area contributed by atoms with Crippen molar-refractivity contribution in [3.8, 4) is 0 Å². The summed E-state index contributed by atoms with van der Waals surface area (Å²) in [7, 11) is 0. The first-order valence-corrected chi connectivity index (χ1v) is 5.92. The second kappa shape index (κ2) is 5.51. The fourth-order valence-corrected chi connectivity index (χ4v) is 1.82. The van der Waals surface area contributed by atoms with E-state index in [0.717, 1.165) is 24.3 Å². The summed E-state index contributed by atoms with van der Waals surface area (Å²) in [6.45, 7) is -0.829.